The van der Waals surface area contributed by atoms with Crippen molar-refractivity contribution in [3.8, 4) is 0 Å². The van der Waals surface area contributed by atoms with Crippen LogP contribution in [0.1, 0.15) is 24.1 Å². The van der Waals surface area contributed by atoms with Gasteiger partial charge in [0.2, 0.25) is 0 Å². The summed E-state index contributed by atoms with van der Waals surface area (Å²) in [5.41, 5.74) is 2.39. The molecule has 3 nitrogen and oxygen atoms in total. The molecule has 3 heterocycles. The number of piperidine rings is 1. The minimum absolute atomic E-state index is 0. The lowest BCUT2D eigenvalue weighted by atomic mass is 9.88. The van der Waals surface area contributed by atoms with E-state index < -0.39 is 0 Å². The van der Waals surface area contributed by atoms with Gasteiger partial charge in [-0.05, 0) is 32.0 Å². The molecule has 16 heavy (non-hydrogen) atoms. The molecule has 0 radical (unpaired) electrons. The van der Waals surface area contributed by atoms with Crippen LogP contribution in [0.5, 0.6) is 0 Å². The molecule has 0 amide bonds. The van der Waals surface area contributed by atoms with Crippen LogP contribution in [0, 0.1) is 0 Å². The third-order valence-corrected chi connectivity index (χ3v) is 3.24. The first kappa shape index (κ1) is 13.7. The molecule has 1 fully saturated rings. The van der Waals surface area contributed by atoms with Gasteiger partial charge in [-0.2, -0.15) is 0 Å². The molecule has 2 aliphatic rings. The Bertz CT molecular complexity index is 348. The summed E-state index contributed by atoms with van der Waals surface area (Å²) in [6.07, 6.45) is 3.98. The van der Waals surface area contributed by atoms with Crippen molar-refractivity contribution < 1.29 is 4.74 Å². The van der Waals surface area contributed by atoms with E-state index in [1.165, 1.54) is 11.3 Å². The van der Waals surface area contributed by atoms with Gasteiger partial charge in [-0.1, -0.05) is 6.07 Å². The average molecular weight is 263 g/mol. The molecule has 0 aliphatic carbocycles. The van der Waals surface area contributed by atoms with Gasteiger partial charge in [0.1, 0.15) is 5.60 Å². The second kappa shape index (κ2) is 5.32. The normalized spacial score (nSPS) is 20.8. The van der Waals surface area contributed by atoms with E-state index in [4.69, 9.17) is 4.74 Å². The fourth-order valence-electron chi connectivity index (χ4n) is 2.46. The highest BCUT2D eigenvalue weighted by Gasteiger charge is 2.41. The van der Waals surface area contributed by atoms with Crippen LogP contribution in [0.4, 0.5) is 0 Å². The zero-order valence-electron chi connectivity index (χ0n) is 8.94. The Morgan fingerprint density at radius 3 is 2.75 bits per heavy atom. The van der Waals surface area contributed by atoms with Crippen molar-refractivity contribution in [1.29, 1.82) is 0 Å². The molecule has 1 aromatic heterocycles. The summed E-state index contributed by atoms with van der Waals surface area (Å²) in [6.45, 7) is 2.81. The van der Waals surface area contributed by atoms with Crippen LogP contribution in [0.25, 0.3) is 0 Å². The van der Waals surface area contributed by atoms with E-state index in [0.717, 1.165) is 32.5 Å². The van der Waals surface area contributed by atoms with Crippen LogP contribution in [0.2, 0.25) is 0 Å². The van der Waals surface area contributed by atoms with Gasteiger partial charge in [0, 0.05) is 11.8 Å². The summed E-state index contributed by atoms with van der Waals surface area (Å²) in [6, 6.07) is 4.11. The Labute approximate surface area is 108 Å². The lowest BCUT2D eigenvalue weighted by Crippen LogP contribution is -2.40. The predicted molar refractivity (Wildman–Crippen MR) is 67.3 cm³/mol. The predicted octanol–water partition coefficient (Wildman–Crippen LogP) is 2.03. The van der Waals surface area contributed by atoms with Crippen molar-refractivity contribution in [2.45, 2.75) is 25.0 Å². The first-order valence-electron chi connectivity index (χ1n) is 5.20. The molecule has 2 aliphatic heterocycles. The van der Waals surface area contributed by atoms with E-state index in [1.54, 1.807) is 0 Å². The second-order valence-electron chi connectivity index (χ2n) is 4.04. The van der Waals surface area contributed by atoms with E-state index in [0.29, 0.717) is 0 Å². The average Bonchev–Trinajstić information content (AvgIpc) is 2.60. The summed E-state index contributed by atoms with van der Waals surface area (Å²) >= 11 is 0. The molecule has 90 valence electrons. The number of hydrogen-bond acceptors (Lipinski definition) is 3. The summed E-state index contributed by atoms with van der Waals surface area (Å²) in [5, 5.41) is 3.36. The van der Waals surface area contributed by atoms with Crippen LogP contribution in [0.3, 0.4) is 0 Å². The van der Waals surface area contributed by atoms with Gasteiger partial charge in [-0.25, -0.2) is 0 Å². The van der Waals surface area contributed by atoms with Crippen molar-refractivity contribution in [2.75, 3.05) is 13.1 Å². The van der Waals surface area contributed by atoms with E-state index in [1.807, 2.05) is 12.3 Å². The fraction of sp³-hybridized carbons (Fsp3) is 0.545. The number of halogens is 2. The van der Waals surface area contributed by atoms with E-state index in [2.05, 4.69) is 16.4 Å². The maximum atomic E-state index is 5.95. The van der Waals surface area contributed by atoms with Gasteiger partial charge >= 0.3 is 0 Å². The Balaban J connectivity index is 0.000000640. The maximum Gasteiger partial charge on any atom is 0.113 e. The quantitative estimate of drug-likeness (QED) is 0.777. The van der Waals surface area contributed by atoms with E-state index in [9.17, 15) is 0 Å². The van der Waals surface area contributed by atoms with Crippen LogP contribution < -0.4 is 5.32 Å². The van der Waals surface area contributed by atoms with Crippen LogP contribution in [-0.4, -0.2) is 18.1 Å². The van der Waals surface area contributed by atoms with Crippen molar-refractivity contribution in [2.24, 2.45) is 0 Å². The Hall–Kier alpha value is -0.350. The lowest BCUT2D eigenvalue weighted by Gasteiger charge is -2.32. The highest BCUT2D eigenvalue weighted by molar-refractivity contribution is 5.85. The fourth-order valence-corrected chi connectivity index (χ4v) is 2.46. The zero-order chi connectivity index (χ0) is 9.43. The topological polar surface area (TPSA) is 34.1 Å². The SMILES string of the molecule is Cl.Cl.c1cnc2c(c1)COC21CCNCC1. The molecule has 1 saturated heterocycles. The summed E-state index contributed by atoms with van der Waals surface area (Å²) in [4.78, 5) is 4.48. The van der Waals surface area contributed by atoms with Crippen molar-refractivity contribution in [3.63, 3.8) is 0 Å². The minimum atomic E-state index is -0.0676. The van der Waals surface area contributed by atoms with Gasteiger partial charge in [0.15, 0.2) is 0 Å². The number of rotatable bonds is 0. The standard InChI is InChI=1S/C11H14N2O.2ClH/c1-2-9-8-14-11(10(9)13-5-1)3-6-12-7-4-11;;/h1-2,5,12H,3-4,6-8H2;2*1H. The van der Waals surface area contributed by atoms with Gasteiger partial charge < -0.3 is 10.1 Å². The van der Waals surface area contributed by atoms with Crippen LogP contribution in [-0.2, 0) is 16.9 Å². The molecular formula is C11H16Cl2N2O. The number of ether oxygens (including phenoxy) is 1. The van der Waals surface area contributed by atoms with E-state index in [-0.39, 0.29) is 30.4 Å². The Kier molecular flexibility index (Phi) is 4.56. The Morgan fingerprint density at radius 2 is 2.00 bits per heavy atom. The smallest absolute Gasteiger partial charge is 0.113 e. The van der Waals surface area contributed by atoms with Gasteiger partial charge in [0.05, 0.1) is 12.3 Å². The molecule has 1 spiro atoms. The van der Waals surface area contributed by atoms with Crippen molar-refractivity contribution >= 4 is 24.8 Å². The number of aromatic nitrogens is 1. The van der Waals surface area contributed by atoms with Gasteiger partial charge in [0.25, 0.3) is 0 Å². The minimum Gasteiger partial charge on any atom is -0.364 e. The number of nitrogens with zero attached hydrogens (tertiary/aromatic N) is 1. The Morgan fingerprint density at radius 1 is 1.25 bits per heavy atom. The molecule has 0 bridgehead atoms. The molecule has 0 unspecified atom stereocenters. The summed E-state index contributed by atoms with van der Waals surface area (Å²) in [7, 11) is 0. The van der Waals surface area contributed by atoms with E-state index >= 15 is 0 Å². The number of fused-ring (bicyclic) bond motifs is 2. The molecule has 1 aromatic rings. The third kappa shape index (κ3) is 2.05. The highest BCUT2D eigenvalue weighted by Crippen LogP contribution is 2.41. The first-order valence-corrected chi connectivity index (χ1v) is 5.20. The van der Waals surface area contributed by atoms with Gasteiger partial charge in [-0.15, -0.1) is 24.8 Å². The van der Waals surface area contributed by atoms with Crippen LogP contribution >= 0.6 is 24.8 Å². The summed E-state index contributed by atoms with van der Waals surface area (Å²) < 4.78 is 5.95. The molecule has 3 rings (SSSR count). The molecule has 0 aromatic carbocycles. The second-order valence-corrected chi connectivity index (χ2v) is 4.04. The first-order chi connectivity index (χ1) is 6.91. The number of hydrogen-bond donors (Lipinski definition) is 1. The number of pyridine rings is 1. The zero-order valence-corrected chi connectivity index (χ0v) is 10.6. The molecular weight excluding hydrogens is 247 g/mol. The van der Waals surface area contributed by atoms with Crippen molar-refractivity contribution in [1.82, 2.24) is 10.3 Å². The van der Waals surface area contributed by atoms with Gasteiger partial charge in [-0.3, -0.25) is 4.98 Å². The highest BCUT2D eigenvalue weighted by atomic mass is 35.5. The lowest BCUT2D eigenvalue weighted by molar-refractivity contribution is -0.0611. The monoisotopic (exact) mass is 262 g/mol. The third-order valence-electron chi connectivity index (χ3n) is 3.24. The molecule has 0 saturated carbocycles. The molecule has 0 atom stereocenters. The number of nitrogens with one attached hydrogen (secondary N) is 1. The molecule has 5 heteroatoms. The largest absolute Gasteiger partial charge is 0.364 e. The van der Waals surface area contributed by atoms with Crippen LogP contribution in [0.15, 0.2) is 18.3 Å². The maximum absolute atomic E-state index is 5.95. The molecule has 1 N–H and O–H groups in total. The summed E-state index contributed by atoms with van der Waals surface area (Å²) in [5.74, 6) is 0. The van der Waals surface area contributed by atoms with Crippen molar-refractivity contribution in [3.05, 3.63) is 29.6 Å².